The molecular weight excluding hydrogens is 475 g/mol. The van der Waals surface area contributed by atoms with Crippen LogP contribution in [0.5, 0.6) is 0 Å². The minimum atomic E-state index is -1.34. The summed E-state index contributed by atoms with van der Waals surface area (Å²) in [4.78, 5) is 27.3. The first kappa shape index (κ1) is 25.2. The number of carbonyl (C=O) groups is 1. The average molecular weight is 503 g/mol. The molecule has 0 bridgehead atoms. The van der Waals surface area contributed by atoms with Gasteiger partial charge in [-0.15, -0.1) is 0 Å². The zero-order valence-corrected chi connectivity index (χ0v) is 20.4. The van der Waals surface area contributed by atoms with E-state index in [2.05, 4.69) is 4.90 Å². The summed E-state index contributed by atoms with van der Waals surface area (Å²) in [7, 11) is 0. The standard InChI is InChI=1S/C26H28ClFN2O5/c1-15(2)23(14-31)30-13-19(26(33)34)25(32)18-11-17(10-16-4-3-5-20(27)24(16)28)21(12-22(18)30)29-6-8-35-9-7-29/h3-5,11-13,15,23,31H,6-10,14H2,1-2H3,(H,33,34)/t23-/m1/s1. The summed E-state index contributed by atoms with van der Waals surface area (Å²) in [5, 5.41) is 20.0. The van der Waals surface area contributed by atoms with Gasteiger partial charge in [0.25, 0.3) is 0 Å². The Hall–Kier alpha value is -2.94. The Morgan fingerprint density at radius 1 is 1.20 bits per heavy atom. The smallest absolute Gasteiger partial charge is 0.341 e. The average Bonchev–Trinajstić information content (AvgIpc) is 2.83. The van der Waals surface area contributed by atoms with Crippen molar-refractivity contribution < 1.29 is 24.1 Å². The van der Waals surface area contributed by atoms with Crippen LogP contribution in [0.1, 0.15) is 41.4 Å². The summed E-state index contributed by atoms with van der Waals surface area (Å²) in [5.74, 6) is -1.90. The number of ether oxygens (including phenoxy) is 1. The molecule has 1 fully saturated rings. The first-order valence-electron chi connectivity index (χ1n) is 11.5. The molecule has 7 nitrogen and oxygen atoms in total. The summed E-state index contributed by atoms with van der Waals surface area (Å²) in [6.07, 6.45) is 1.48. The number of aromatic carboxylic acids is 1. The fourth-order valence-corrected chi connectivity index (χ4v) is 4.80. The summed E-state index contributed by atoms with van der Waals surface area (Å²) in [5.41, 5.74) is 1.37. The molecule has 1 saturated heterocycles. The van der Waals surface area contributed by atoms with Gasteiger partial charge in [-0.1, -0.05) is 37.6 Å². The van der Waals surface area contributed by atoms with Crippen molar-refractivity contribution in [1.82, 2.24) is 4.57 Å². The maximum atomic E-state index is 14.8. The number of aliphatic hydroxyl groups excluding tert-OH is 1. The minimum absolute atomic E-state index is 0.00875. The summed E-state index contributed by atoms with van der Waals surface area (Å²) >= 11 is 6.00. The topological polar surface area (TPSA) is 92.0 Å². The van der Waals surface area contributed by atoms with Crippen molar-refractivity contribution in [2.45, 2.75) is 26.3 Å². The van der Waals surface area contributed by atoms with Crippen molar-refractivity contribution in [3.63, 3.8) is 0 Å². The number of carboxylic acid groups (broad SMARTS) is 1. The van der Waals surface area contributed by atoms with Crippen LogP contribution in [0, 0.1) is 11.7 Å². The van der Waals surface area contributed by atoms with Crippen molar-refractivity contribution >= 4 is 34.2 Å². The molecule has 9 heteroatoms. The number of rotatable bonds is 7. The Morgan fingerprint density at radius 2 is 1.91 bits per heavy atom. The van der Waals surface area contributed by atoms with E-state index in [-0.39, 0.29) is 34.9 Å². The van der Waals surface area contributed by atoms with Gasteiger partial charge in [0.15, 0.2) is 0 Å². The maximum absolute atomic E-state index is 14.8. The van der Waals surface area contributed by atoms with Crippen LogP contribution in [0.2, 0.25) is 5.02 Å². The van der Waals surface area contributed by atoms with Crippen LogP contribution in [0.25, 0.3) is 10.9 Å². The maximum Gasteiger partial charge on any atom is 0.341 e. The van der Waals surface area contributed by atoms with Crippen molar-refractivity contribution in [3.8, 4) is 0 Å². The summed E-state index contributed by atoms with van der Waals surface area (Å²) < 4.78 is 22.0. The Labute approximate surface area is 207 Å². The molecule has 0 radical (unpaired) electrons. The molecule has 3 aromatic rings. The molecule has 2 heterocycles. The van der Waals surface area contributed by atoms with Crippen LogP contribution in [0.15, 0.2) is 41.3 Å². The molecule has 1 aliphatic heterocycles. The number of fused-ring (bicyclic) bond motifs is 1. The Bertz CT molecular complexity index is 1320. The number of nitrogens with zero attached hydrogens (tertiary/aromatic N) is 2. The molecule has 0 unspecified atom stereocenters. The fraction of sp³-hybridized carbons (Fsp3) is 0.385. The number of aromatic nitrogens is 1. The van der Waals surface area contributed by atoms with Gasteiger partial charge in [-0.05, 0) is 35.2 Å². The lowest BCUT2D eigenvalue weighted by molar-refractivity contribution is 0.0694. The summed E-state index contributed by atoms with van der Waals surface area (Å²) in [6.45, 7) is 5.90. The predicted octanol–water partition coefficient (Wildman–Crippen LogP) is 4.11. The van der Waals surface area contributed by atoms with E-state index in [4.69, 9.17) is 16.3 Å². The molecule has 1 aromatic heterocycles. The molecule has 2 aromatic carbocycles. The van der Waals surface area contributed by atoms with E-state index in [0.717, 1.165) is 5.69 Å². The number of morpholine rings is 1. The van der Waals surface area contributed by atoms with Crippen LogP contribution < -0.4 is 10.3 Å². The first-order chi connectivity index (χ1) is 16.7. The van der Waals surface area contributed by atoms with Crippen molar-refractivity contribution in [2.75, 3.05) is 37.8 Å². The third-order valence-electron chi connectivity index (χ3n) is 6.54. The number of hydrogen-bond donors (Lipinski definition) is 2. The van der Waals surface area contributed by atoms with Gasteiger partial charge in [0.05, 0.1) is 36.4 Å². The highest BCUT2D eigenvalue weighted by molar-refractivity contribution is 6.30. The lowest BCUT2D eigenvalue weighted by Crippen LogP contribution is -2.37. The van der Waals surface area contributed by atoms with Gasteiger partial charge in [-0.25, -0.2) is 9.18 Å². The van der Waals surface area contributed by atoms with Crippen LogP contribution in [-0.4, -0.2) is 53.7 Å². The van der Waals surface area contributed by atoms with Gasteiger partial charge >= 0.3 is 5.97 Å². The highest BCUT2D eigenvalue weighted by atomic mass is 35.5. The summed E-state index contributed by atoms with van der Waals surface area (Å²) in [6, 6.07) is 7.84. The minimum Gasteiger partial charge on any atom is -0.477 e. The molecule has 0 spiro atoms. The highest BCUT2D eigenvalue weighted by Gasteiger charge is 2.24. The molecule has 35 heavy (non-hydrogen) atoms. The van der Waals surface area contributed by atoms with Crippen molar-refractivity contribution in [2.24, 2.45) is 5.92 Å². The van der Waals surface area contributed by atoms with Gasteiger partial charge < -0.3 is 24.4 Å². The van der Waals surface area contributed by atoms with Gasteiger partial charge in [0.2, 0.25) is 5.43 Å². The molecular formula is C26H28ClFN2O5. The second-order valence-electron chi connectivity index (χ2n) is 9.07. The molecule has 0 saturated carbocycles. The number of carboxylic acids is 1. The number of pyridine rings is 1. The second kappa shape index (κ2) is 10.4. The third-order valence-corrected chi connectivity index (χ3v) is 6.83. The molecule has 0 amide bonds. The van der Waals surface area contributed by atoms with Crippen molar-refractivity contribution in [3.05, 3.63) is 74.3 Å². The Kier molecular flexibility index (Phi) is 7.44. The van der Waals surface area contributed by atoms with Crippen LogP contribution in [0.3, 0.4) is 0 Å². The van der Waals surface area contributed by atoms with Gasteiger partial charge in [-0.2, -0.15) is 0 Å². The number of halogens is 2. The van der Waals surface area contributed by atoms with E-state index in [1.807, 2.05) is 19.9 Å². The third kappa shape index (κ3) is 4.91. The Balaban J connectivity index is 2.02. The predicted molar refractivity (Wildman–Crippen MR) is 133 cm³/mol. The quantitative estimate of drug-likeness (QED) is 0.505. The van der Waals surface area contributed by atoms with E-state index in [1.54, 1.807) is 22.8 Å². The van der Waals surface area contributed by atoms with Gasteiger partial charge in [0, 0.05) is 36.8 Å². The first-order valence-corrected chi connectivity index (χ1v) is 11.9. The molecule has 0 aliphatic carbocycles. The zero-order chi connectivity index (χ0) is 25.3. The lowest BCUT2D eigenvalue weighted by atomic mass is 9.97. The van der Waals surface area contributed by atoms with Gasteiger partial charge in [0.1, 0.15) is 11.4 Å². The Morgan fingerprint density at radius 3 is 2.54 bits per heavy atom. The SMILES string of the molecule is CC(C)[C@@H](CO)n1cc(C(=O)O)c(=O)c2cc(Cc3cccc(Cl)c3F)c(N3CCOCC3)cc21. The molecule has 4 rings (SSSR count). The van der Waals surface area contributed by atoms with E-state index >= 15 is 0 Å². The van der Waals surface area contributed by atoms with E-state index in [0.29, 0.717) is 42.9 Å². The number of aliphatic hydroxyl groups is 1. The monoisotopic (exact) mass is 502 g/mol. The van der Waals surface area contributed by atoms with Crippen LogP contribution >= 0.6 is 11.6 Å². The fourth-order valence-electron chi connectivity index (χ4n) is 4.61. The van der Waals surface area contributed by atoms with Crippen LogP contribution in [0.4, 0.5) is 10.1 Å². The zero-order valence-electron chi connectivity index (χ0n) is 19.6. The molecule has 186 valence electrons. The van der Waals surface area contributed by atoms with Crippen LogP contribution in [-0.2, 0) is 11.2 Å². The molecule has 2 N–H and O–H groups in total. The van der Waals surface area contributed by atoms with E-state index in [9.17, 15) is 24.2 Å². The number of benzene rings is 2. The normalized spacial score (nSPS) is 15.1. The molecule has 1 aliphatic rings. The number of anilines is 1. The largest absolute Gasteiger partial charge is 0.477 e. The second-order valence-corrected chi connectivity index (χ2v) is 9.47. The van der Waals surface area contributed by atoms with Gasteiger partial charge in [-0.3, -0.25) is 4.79 Å². The lowest BCUT2D eigenvalue weighted by Gasteiger charge is -2.32. The van der Waals surface area contributed by atoms with Crippen molar-refractivity contribution in [1.29, 1.82) is 0 Å². The highest BCUT2D eigenvalue weighted by Crippen LogP contribution is 2.32. The van der Waals surface area contributed by atoms with E-state index < -0.39 is 23.3 Å². The van der Waals surface area contributed by atoms with E-state index in [1.165, 1.54) is 12.3 Å². The number of hydrogen-bond acceptors (Lipinski definition) is 5. The molecule has 1 atom stereocenters.